The quantitative estimate of drug-likeness (QED) is 0.268. The van der Waals surface area contributed by atoms with Crippen LogP contribution in [-0.2, 0) is 0 Å². The Hall–Kier alpha value is -3.10. The minimum absolute atomic E-state index is 0.0202. The molecule has 186 valence electrons. The van der Waals surface area contributed by atoms with Gasteiger partial charge in [-0.25, -0.2) is 4.44 Å². The Bertz CT molecular complexity index is 1450. The van der Waals surface area contributed by atoms with E-state index in [2.05, 4.69) is 0 Å². The molecule has 7 heteroatoms. The standard InChI is InChI=1S/C29H31NO4P2/c1-30(35(26-18-10-6-14-22(26)31-2)27-19-11-7-15-23(27)32-3)36(28-20-12-8-16-24(28)33-4)29-21-13-9-17-25(29)34-5/h6-21H,1-5H3/i2D3,3D3,4D3,5D3. The minimum Gasteiger partial charge on any atom is -0.496 e. The average Bonchev–Trinajstić information content (AvgIpc) is 2.94. The Kier molecular flexibility index (Phi) is 4.96. The van der Waals surface area contributed by atoms with Crippen LogP contribution in [0.1, 0.15) is 16.4 Å². The third kappa shape index (κ3) is 5.20. The van der Waals surface area contributed by atoms with Crippen molar-refractivity contribution < 1.29 is 35.4 Å². The molecule has 0 aliphatic rings. The van der Waals surface area contributed by atoms with Crippen molar-refractivity contribution in [3.63, 3.8) is 0 Å². The summed E-state index contributed by atoms with van der Waals surface area (Å²) in [5.41, 5.74) is 0. The van der Waals surface area contributed by atoms with Gasteiger partial charge in [-0.1, -0.05) is 48.5 Å². The number of hydrogen-bond acceptors (Lipinski definition) is 5. The average molecular weight is 532 g/mol. The van der Waals surface area contributed by atoms with Gasteiger partial charge in [-0.3, -0.25) is 0 Å². The SMILES string of the molecule is [2H]C([2H])([2H])Oc1ccccc1P(c1ccccc1OC([2H])([2H])[2H])N(C)P(c1ccccc1OC([2H])([2H])[2H])c1ccccc1OC([2H])([2H])[2H]. The van der Waals surface area contributed by atoms with Crippen LogP contribution in [0.25, 0.3) is 0 Å². The fourth-order valence-electron chi connectivity index (χ4n) is 3.85. The molecule has 0 saturated heterocycles. The first-order valence-electron chi connectivity index (χ1n) is 16.7. The summed E-state index contributed by atoms with van der Waals surface area (Å²) in [7, 11) is -13.8. The molecule has 0 heterocycles. The number of nitrogens with zero attached hydrogens (tertiary/aromatic N) is 1. The summed E-state index contributed by atoms with van der Waals surface area (Å²) >= 11 is 0. The van der Waals surface area contributed by atoms with Crippen LogP contribution in [0.3, 0.4) is 0 Å². The third-order valence-corrected chi connectivity index (χ3v) is 10.9. The van der Waals surface area contributed by atoms with Gasteiger partial charge in [-0.15, -0.1) is 0 Å². The van der Waals surface area contributed by atoms with Gasteiger partial charge in [-0.05, 0) is 55.6 Å². The lowest BCUT2D eigenvalue weighted by Crippen LogP contribution is -2.31. The Morgan fingerprint density at radius 1 is 0.472 bits per heavy atom. The molecule has 0 fully saturated rings. The Balaban J connectivity index is 2.08. The van der Waals surface area contributed by atoms with Gasteiger partial charge in [0.2, 0.25) is 0 Å². The first-order chi connectivity index (χ1) is 22.2. The summed E-state index contributed by atoms with van der Waals surface area (Å²) in [6.07, 6.45) is 0. The molecule has 4 aromatic rings. The van der Waals surface area contributed by atoms with Crippen LogP contribution >= 0.6 is 16.1 Å². The lowest BCUT2D eigenvalue weighted by Gasteiger charge is -2.37. The smallest absolute Gasteiger partial charge is 0.128 e. The van der Waals surface area contributed by atoms with E-state index in [1.807, 2.05) is 0 Å². The molecule has 0 unspecified atom stereocenters. The van der Waals surface area contributed by atoms with E-state index in [9.17, 15) is 0 Å². The molecule has 4 rings (SSSR count). The highest BCUT2D eigenvalue weighted by Crippen LogP contribution is 2.57. The van der Waals surface area contributed by atoms with E-state index in [0.29, 0.717) is 21.2 Å². The van der Waals surface area contributed by atoms with Crippen molar-refractivity contribution in [3.05, 3.63) is 97.1 Å². The topological polar surface area (TPSA) is 40.2 Å². The molecule has 0 N–H and O–H groups in total. The molecule has 0 saturated carbocycles. The van der Waals surface area contributed by atoms with Gasteiger partial charge in [0.05, 0.1) is 44.6 Å². The number of benzene rings is 4. The highest BCUT2D eigenvalue weighted by atomic mass is 31.2. The normalized spacial score (nSPS) is 17.4. The van der Waals surface area contributed by atoms with Gasteiger partial charge in [0.1, 0.15) is 23.0 Å². The molecule has 0 aliphatic heterocycles. The second-order valence-corrected chi connectivity index (χ2v) is 12.1. The predicted octanol–water partition coefficient (Wildman–Crippen LogP) is 5.05. The van der Waals surface area contributed by atoms with Gasteiger partial charge in [-0.2, -0.15) is 0 Å². The van der Waals surface area contributed by atoms with Crippen molar-refractivity contribution in [1.29, 1.82) is 0 Å². The number of methoxy groups -OCH3 is 4. The van der Waals surface area contributed by atoms with E-state index < -0.39 is 44.3 Å². The molecule has 36 heavy (non-hydrogen) atoms. The van der Waals surface area contributed by atoms with Crippen LogP contribution in [0.2, 0.25) is 0 Å². The Labute approximate surface area is 233 Å². The molecule has 4 aromatic carbocycles. The zero-order valence-corrected chi connectivity index (χ0v) is 21.0. The summed E-state index contributed by atoms with van der Waals surface area (Å²) in [5, 5.41) is 1.40. The first-order valence-corrected chi connectivity index (χ1v) is 13.3. The summed E-state index contributed by atoms with van der Waals surface area (Å²) in [6, 6.07) is 25.4. The molecule has 0 aliphatic carbocycles. The summed E-state index contributed by atoms with van der Waals surface area (Å²) in [4.78, 5) is 0. The number of para-hydroxylation sites is 4. The fourth-order valence-corrected chi connectivity index (χ4v) is 9.71. The van der Waals surface area contributed by atoms with Crippen molar-refractivity contribution in [3.8, 4) is 23.0 Å². The maximum atomic E-state index is 7.83. The molecule has 0 amide bonds. The molecular weight excluding hydrogens is 488 g/mol. The maximum Gasteiger partial charge on any atom is 0.128 e. The van der Waals surface area contributed by atoms with Crippen LogP contribution in [0.5, 0.6) is 23.0 Å². The van der Waals surface area contributed by atoms with Crippen LogP contribution in [0.4, 0.5) is 0 Å². The van der Waals surface area contributed by atoms with E-state index in [-0.39, 0.29) is 23.0 Å². The molecule has 0 spiro atoms. The van der Waals surface area contributed by atoms with Crippen molar-refractivity contribution in [2.24, 2.45) is 0 Å². The van der Waals surface area contributed by atoms with Gasteiger partial charge in [0.15, 0.2) is 0 Å². The van der Waals surface area contributed by atoms with E-state index in [4.69, 9.17) is 35.4 Å². The molecule has 0 radical (unpaired) electrons. The third-order valence-electron chi connectivity index (χ3n) is 5.39. The van der Waals surface area contributed by atoms with Crippen molar-refractivity contribution in [2.45, 2.75) is 0 Å². The lowest BCUT2D eigenvalue weighted by atomic mass is 10.3. The Morgan fingerprint density at radius 2 is 0.722 bits per heavy atom. The molecule has 0 bridgehead atoms. The molecule has 5 nitrogen and oxygen atoms in total. The first kappa shape index (κ1) is 14.6. The van der Waals surface area contributed by atoms with Crippen molar-refractivity contribution in [1.82, 2.24) is 4.44 Å². The van der Waals surface area contributed by atoms with Crippen molar-refractivity contribution in [2.75, 3.05) is 35.2 Å². The molecule has 0 atom stereocenters. The van der Waals surface area contributed by atoms with E-state index >= 15 is 0 Å². The molecular formula is C29H31NO4P2. The lowest BCUT2D eigenvalue weighted by molar-refractivity contribution is 0.417. The second kappa shape index (κ2) is 12.2. The zero-order valence-electron chi connectivity index (χ0n) is 31.2. The van der Waals surface area contributed by atoms with E-state index in [0.717, 1.165) is 0 Å². The number of hydrogen-bond donors (Lipinski definition) is 0. The van der Waals surface area contributed by atoms with Gasteiger partial charge >= 0.3 is 0 Å². The van der Waals surface area contributed by atoms with Gasteiger partial charge in [0, 0.05) is 37.4 Å². The fraction of sp³-hybridized carbons (Fsp3) is 0.172. The van der Waals surface area contributed by atoms with Crippen molar-refractivity contribution >= 4 is 37.4 Å². The van der Waals surface area contributed by atoms with Crippen LogP contribution in [0, 0.1) is 0 Å². The van der Waals surface area contributed by atoms with Crippen LogP contribution in [-0.4, -0.2) is 39.6 Å². The summed E-state index contributed by atoms with van der Waals surface area (Å²) in [6.45, 7) is 0. The summed E-state index contributed by atoms with van der Waals surface area (Å²) in [5.74, 6) is -0.0809. The predicted molar refractivity (Wildman–Crippen MR) is 152 cm³/mol. The highest BCUT2D eigenvalue weighted by molar-refractivity contribution is 7.85. The second-order valence-electron chi connectivity index (χ2n) is 7.39. The molecule has 0 aromatic heterocycles. The highest BCUT2D eigenvalue weighted by Gasteiger charge is 2.34. The maximum absolute atomic E-state index is 7.83. The Morgan fingerprint density at radius 3 is 0.972 bits per heavy atom. The monoisotopic (exact) mass is 531 g/mol. The van der Waals surface area contributed by atoms with Gasteiger partial charge in [0.25, 0.3) is 0 Å². The van der Waals surface area contributed by atoms with E-state index in [1.165, 1.54) is 24.3 Å². The van der Waals surface area contributed by atoms with E-state index in [1.54, 1.807) is 84.3 Å². The zero-order chi connectivity index (χ0) is 35.5. The number of rotatable bonds is 10. The minimum atomic E-state index is -2.85. The number of ether oxygens (including phenoxy) is 4. The van der Waals surface area contributed by atoms with Crippen LogP contribution in [0.15, 0.2) is 97.1 Å². The van der Waals surface area contributed by atoms with Crippen LogP contribution < -0.4 is 40.2 Å². The van der Waals surface area contributed by atoms with Gasteiger partial charge < -0.3 is 18.9 Å². The largest absolute Gasteiger partial charge is 0.496 e. The summed E-state index contributed by atoms with van der Waals surface area (Å²) < 4.78 is 117.